The monoisotopic (exact) mass is 225 g/mol. The molecule has 0 spiro atoms. The first kappa shape index (κ1) is 10.2. The number of nitrogens with one attached hydrogen (secondary N) is 1. The molecular weight excluding hydrogens is 214 g/mol. The smallest absolute Gasteiger partial charge is 0.244 e. The Balaban J connectivity index is 2.38. The zero-order chi connectivity index (χ0) is 10.8. The molecule has 0 radical (unpaired) electrons. The number of fused-ring (bicyclic) bond motifs is 1. The van der Waals surface area contributed by atoms with Crippen LogP contribution in [0.1, 0.15) is 13.3 Å². The molecule has 0 atom stereocenters. The van der Waals surface area contributed by atoms with Crippen LogP contribution in [0.5, 0.6) is 0 Å². The van der Waals surface area contributed by atoms with Crippen molar-refractivity contribution in [1.29, 1.82) is 0 Å². The maximum absolute atomic E-state index is 11.4. The van der Waals surface area contributed by atoms with E-state index in [9.17, 15) is 4.79 Å². The predicted molar refractivity (Wildman–Crippen MR) is 60.4 cm³/mol. The van der Waals surface area contributed by atoms with Crippen LogP contribution in [0.3, 0.4) is 0 Å². The second-order valence-electron chi connectivity index (χ2n) is 3.47. The number of anilines is 2. The number of aromatic nitrogens is 1. The van der Waals surface area contributed by atoms with Crippen LogP contribution in [-0.4, -0.2) is 24.0 Å². The van der Waals surface area contributed by atoms with Crippen molar-refractivity contribution in [2.45, 2.75) is 13.3 Å². The van der Waals surface area contributed by atoms with Gasteiger partial charge in [-0.3, -0.25) is 4.79 Å². The minimum Gasteiger partial charge on any atom is -0.346 e. The van der Waals surface area contributed by atoms with Crippen LogP contribution >= 0.6 is 11.6 Å². The number of halogens is 1. The molecule has 0 unspecified atom stereocenters. The van der Waals surface area contributed by atoms with Crippen molar-refractivity contribution in [3.63, 3.8) is 0 Å². The minimum absolute atomic E-state index is 0.0000671. The molecular formula is C10H12ClN3O. The Morgan fingerprint density at radius 1 is 1.60 bits per heavy atom. The zero-order valence-corrected chi connectivity index (χ0v) is 9.21. The summed E-state index contributed by atoms with van der Waals surface area (Å²) in [5, 5.41) is 3.22. The summed E-state index contributed by atoms with van der Waals surface area (Å²) in [6.45, 7) is 3.23. The summed E-state index contributed by atoms with van der Waals surface area (Å²) < 4.78 is 0. The van der Waals surface area contributed by atoms with Crippen molar-refractivity contribution in [1.82, 2.24) is 4.98 Å². The second-order valence-corrected chi connectivity index (χ2v) is 3.86. The molecule has 0 fully saturated rings. The third-order valence-electron chi connectivity index (χ3n) is 2.24. The van der Waals surface area contributed by atoms with Gasteiger partial charge in [0, 0.05) is 6.54 Å². The highest BCUT2D eigenvalue weighted by atomic mass is 35.5. The Hall–Kier alpha value is -1.29. The Kier molecular flexibility index (Phi) is 2.77. The average molecular weight is 226 g/mol. The summed E-state index contributed by atoms with van der Waals surface area (Å²) in [5.41, 5.74) is 0.740. The van der Waals surface area contributed by atoms with E-state index < -0.39 is 0 Å². The molecule has 2 rings (SSSR count). The molecule has 1 aromatic rings. The highest BCUT2D eigenvalue weighted by molar-refractivity contribution is 6.29. The van der Waals surface area contributed by atoms with Crippen molar-refractivity contribution in [2.24, 2.45) is 0 Å². The van der Waals surface area contributed by atoms with Crippen LogP contribution in [0.2, 0.25) is 5.15 Å². The number of hydrogen-bond acceptors (Lipinski definition) is 3. The number of carbonyl (C=O) groups is 1. The Morgan fingerprint density at radius 2 is 2.40 bits per heavy atom. The number of pyridine rings is 1. The fourth-order valence-corrected chi connectivity index (χ4v) is 1.80. The van der Waals surface area contributed by atoms with E-state index in [1.165, 1.54) is 0 Å². The molecule has 2 heterocycles. The maximum atomic E-state index is 11.4. The van der Waals surface area contributed by atoms with Crippen LogP contribution in [-0.2, 0) is 4.79 Å². The van der Waals surface area contributed by atoms with Gasteiger partial charge in [0.15, 0.2) is 5.82 Å². The first-order valence-electron chi connectivity index (χ1n) is 4.92. The largest absolute Gasteiger partial charge is 0.346 e. The third-order valence-corrected chi connectivity index (χ3v) is 2.45. The molecule has 0 saturated heterocycles. The van der Waals surface area contributed by atoms with Gasteiger partial charge in [-0.15, -0.1) is 0 Å². The second kappa shape index (κ2) is 4.06. The summed E-state index contributed by atoms with van der Waals surface area (Å²) in [5.74, 6) is 0.768. The van der Waals surface area contributed by atoms with Gasteiger partial charge in [-0.2, -0.15) is 0 Å². The minimum atomic E-state index is 0.0000671. The lowest BCUT2D eigenvalue weighted by atomic mass is 10.2. The van der Waals surface area contributed by atoms with Crippen LogP contribution in [0, 0.1) is 0 Å². The lowest BCUT2D eigenvalue weighted by Gasteiger charge is -2.29. The average Bonchev–Trinajstić information content (AvgIpc) is 2.19. The standard InChI is InChI=1S/C10H12ClN3O/c1-2-5-14-6-9(15)12-7-3-4-8(11)13-10(7)14/h3-4H,2,5-6H2,1H3,(H,12,15). The Bertz CT molecular complexity index is 394. The molecule has 1 N–H and O–H groups in total. The normalized spacial score (nSPS) is 14.8. The molecule has 15 heavy (non-hydrogen) atoms. The molecule has 0 aliphatic carbocycles. The molecule has 1 aliphatic heterocycles. The van der Waals surface area contributed by atoms with Crippen molar-refractivity contribution in [3.05, 3.63) is 17.3 Å². The summed E-state index contributed by atoms with van der Waals surface area (Å²) >= 11 is 5.83. The highest BCUT2D eigenvalue weighted by Crippen LogP contribution is 2.28. The SMILES string of the molecule is CCCN1CC(=O)Nc2ccc(Cl)nc21. The third kappa shape index (κ3) is 2.04. The Labute approximate surface area is 93.2 Å². The fourth-order valence-electron chi connectivity index (χ4n) is 1.66. The van der Waals surface area contributed by atoms with Gasteiger partial charge in [0.25, 0.3) is 0 Å². The van der Waals surface area contributed by atoms with Gasteiger partial charge in [-0.05, 0) is 18.6 Å². The van der Waals surface area contributed by atoms with Gasteiger partial charge in [0.05, 0.1) is 12.2 Å². The van der Waals surface area contributed by atoms with Crippen LogP contribution < -0.4 is 10.2 Å². The predicted octanol–water partition coefficient (Wildman–Crippen LogP) is 1.90. The summed E-state index contributed by atoms with van der Waals surface area (Å²) in [7, 11) is 0. The number of rotatable bonds is 2. The highest BCUT2D eigenvalue weighted by Gasteiger charge is 2.22. The first-order chi connectivity index (χ1) is 7.20. The molecule has 0 bridgehead atoms. The molecule has 80 valence electrons. The van der Waals surface area contributed by atoms with E-state index >= 15 is 0 Å². The van der Waals surface area contributed by atoms with Gasteiger partial charge >= 0.3 is 0 Å². The first-order valence-corrected chi connectivity index (χ1v) is 5.30. The van der Waals surface area contributed by atoms with E-state index in [2.05, 4.69) is 17.2 Å². The lowest BCUT2D eigenvalue weighted by molar-refractivity contribution is -0.115. The summed E-state index contributed by atoms with van der Waals surface area (Å²) in [6, 6.07) is 3.46. The van der Waals surface area contributed by atoms with Gasteiger partial charge in [0.2, 0.25) is 5.91 Å². The zero-order valence-electron chi connectivity index (χ0n) is 8.46. The van der Waals surface area contributed by atoms with Gasteiger partial charge in [-0.25, -0.2) is 4.98 Å². The van der Waals surface area contributed by atoms with Crippen LogP contribution in [0.15, 0.2) is 12.1 Å². The number of carbonyl (C=O) groups excluding carboxylic acids is 1. The molecule has 5 heteroatoms. The molecule has 4 nitrogen and oxygen atoms in total. The number of nitrogens with zero attached hydrogens (tertiary/aromatic N) is 2. The molecule has 1 amide bonds. The fraction of sp³-hybridized carbons (Fsp3) is 0.400. The van der Waals surface area contributed by atoms with E-state index in [-0.39, 0.29) is 5.91 Å². The van der Waals surface area contributed by atoms with E-state index in [0.717, 1.165) is 24.5 Å². The maximum Gasteiger partial charge on any atom is 0.244 e. The van der Waals surface area contributed by atoms with E-state index in [0.29, 0.717) is 11.7 Å². The molecule has 0 aromatic carbocycles. The van der Waals surface area contributed by atoms with Crippen molar-refractivity contribution in [3.8, 4) is 0 Å². The molecule has 0 saturated carbocycles. The quantitative estimate of drug-likeness (QED) is 0.782. The van der Waals surface area contributed by atoms with Crippen molar-refractivity contribution < 1.29 is 4.79 Å². The van der Waals surface area contributed by atoms with Crippen molar-refractivity contribution >= 4 is 29.0 Å². The summed E-state index contributed by atoms with van der Waals surface area (Å²) in [6.07, 6.45) is 0.973. The molecule has 1 aromatic heterocycles. The topological polar surface area (TPSA) is 45.2 Å². The van der Waals surface area contributed by atoms with Crippen LogP contribution in [0.4, 0.5) is 11.5 Å². The van der Waals surface area contributed by atoms with Gasteiger partial charge < -0.3 is 10.2 Å². The van der Waals surface area contributed by atoms with Gasteiger partial charge in [-0.1, -0.05) is 18.5 Å². The van der Waals surface area contributed by atoms with E-state index in [1.807, 2.05) is 4.90 Å². The van der Waals surface area contributed by atoms with Crippen molar-refractivity contribution in [2.75, 3.05) is 23.3 Å². The number of amides is 1. The van der Waals surface area contributed by atoms with Crippen LogP contribution in [0.25, 0.3) is 0 Å². The van der Waals surface area contributed by atoms with E-state index in [1.54, 1.807) is 12.1 Å². The molecule has 1 aliphatic rings. The Morgan fingerprint density at radius 3 is 3.13 bits per heavy atom. The van der Waals surface area contributed by atoms with Gasteiger partial charge in [0.1, 0.15) is 5.15 Å². The van der Waals surface area contributed by atoms with E-state index in [4.69, 9.17) is 11.6 Å². The number of hydrogen-bond donors (Lipinski definition) is 1. The lowest BCUT2D eigenvalue weighted by Crippen LogP contribution is -2.39. The summed E-state index contributed by atoms with van der Waals surface area (Å²) in [4.78, 5) is 17.6.